The van der Waals surface area contributed by atoms with E-state index in [-0.39, 0.29) is 12.3 Å². The van der Waals surface area contributed by atoms with Gasteiger partial charge in [0.2, 0.25) is 5.91 Å². The van der Waals surface area contributed by atoms with E-state index in [4.69, 9.17) is 5.73 Å². The molecule has 0 atom stereocenters. The van der Waals surface area contributed by atoms with Gasteiger partial charge < -0.3 is 15.6 Å². The number of nitrogens with two attached hydrogens (primary N) is 1. The van der Waals surface area contributed by atoms with Crippen molar-refractivity contribution in [2.45, 2.75) is 13.0 Å². The fraction of sp³-hybridized carbons (Fsp3) is 0.167. The number of benzene rings is 1. The first-order chi connectivity index (χ1) is 8.25. The fourth-order valence-corrected chi connectivity index (χ4v) is 1.45. The van der Waals surface area contributed by atoms with E-state index in [0.29, 0.717) is 17.9 Å². The van der Waals surface area contributed by atoms with E-state index in [1.807, 2.05) is 18.2 Å². The Morgan fingerprint density at radius 1 is 1.35 bits per heavy atom. The molecule has 0 bridgehead atoms. The van der Waals surface area contributed by atoms with Crippen LogP contribution in [0.2, 0.25) is 0 Å². The SMILES string of the molecule is Nc1ccccc1CC(=O)NCc1ccon1. The lowest BCUT2D eigenvalue weighted by molar-refractivity contribution is -0.120. The summed E-state index contributed by atoms with van der Waals surface area (Å²) in [6.07, 6.45) is 1.74. The molecule has 0 radical (unpaired) electrons. The number of hydrogen-bond acceptors (Lipinski definition) is 4. The minimum atomic E-state index is -0.0918. The van der Waals surface area contributed by atoms with Gasteiger partial charge in [0, 0.05) is 11.8 Å². The first-order valence-electron chi connectivity index (χ1n) is 5.25. The Morgan fingerprint density at radius 3 is 2.88 bits per heavy atom. The third-order valence-corrected chi connectivity index (χ3v) is 2.36. The third kappa shape index (κ3) is 3.07. The number of nitrogens with one attached hydrogen (secondary N) is 1. The molecular formula is C12H13N3O2. The minimum absolute atomic E-state index is 0.0918. The van der Waals surface area contributed by atoms with Crippen molar-refractivity contribution < 1.29 is 9.32 Å². The van der Waals surface area contributed by atoms with E-state index < -0.39 is 0 Å². The molecule has 1 amide bonds. The molecule has 1 heterocycles. The Hall–Kier alpha value is -2.30. The van der Waals surface area contributed by atoms with Gasteiger partial charge in [0.25, 0.3) is 0 Å². The highest BCUT2D eigenvalue weighted by Gasteiger charge is 2.06. The van der Waals surface area contributed by atoms with Gasteiger partial charge in [0.05, 0.1) is 13.0 Å². The maximum absolute atomic E-state index is 11.6. The third-order valence-electron chi connectivity index (χ3n) is 2.36. The predicted molar refractivity (Wildman–Crippen MR) is 62.9 cm³/mol. The Morgan fingerprint density at radius 2 is 2.18 bits per heavy atom. The lowest BCUT2D eigenvalue weighted by Crippen LogP contribution is -2.25. The summed E-state index contributed by atoms with van der Waals surface area (Å²) >= 11 is 0. The number of rotatable bonds is 4. The lowest BCUT2D eigenvalue weighted by atomic mass is 10.1. The van der Waals surface area contributed by atoms with E-state index in [1.165, 1.54) is 6.26 Å². The number of anilines is 1. The maximum Gasteiger partial charge on any atom is 0.224 e. The maximum atomic E-state index is 11.6. The summed E-state index contributed by atoms with van der Waals surface area (Å²) in [7, 11) is 0. The van der Waals surface area contributed by atoms with Gasteiger partial charge in [-0.1, -0.05) is 23.4 Å². The summed E-state index contributed by atoms with van der Waals surface area (Å²) in [5.74, 6) is -0.0918. The highest BCUT2D eigenvalue weighted by atomic mass is 16.5. The molecule has 17 heavy (non-hydrogen) atoms. The van der Waals surface area contributed by atoms with Crippen LogP contribution in [0.4, 0.5) is 5.69 Å². The van der Waals surface area contributed by atoms with Gasteiger partial charge in [0.1, 0.15) is 12.0 Å². The van der Waals surface area contributed by atoms with Crippen LogP contribution in [0.15, 0.2) is 41.1 Å². The molecule has 5 nitrogen and oxygen atoms in total. The average Bonchev–Trinajstić information content (AvgIpc) is 2.82. The Balaban J connectivity index is 1.87. The molecule has 5 heteroatoms. The molecular weight excluding hydrogens is 218 g/mol. The molecule has 1 aromatic heterocycles. The number of amides is 1. The van der Waals surface area contributed by atoms with Crippen molar-refractivity contribution in [3.8, 4) is 0 Å². The van der Waals surface area contributed by atoms with Crippen molar-refractivity contribution in [2.24, 2.45) is 0 Å². The van der Waals surface area contributed by atoms with Crippen LogP contribution in [0.25, 0.3) is 0 Å². The minimum Gasteiger partial charge on any atom is -0.398 e. The largest absolute Gasteiger partial charge is 0.398 e. The molecule has 2 aromatic rings. The van der Waals surface area contributed by atoms with Gasteiger partial charge in [0.15, 0.2) is 0 Å². The zero-order chi connectivity index (χ0) is 12.1. The Labute approximate surface area is 98.6 Å². The van der Waals surface area contributed by atoms with Crippen LogP contribution in [-0.4, -0.2) is 11.1 Å². The molecule has 88 valence electrons. The molecule has 0 spiro atoms. The van der Waals surface area contributed by atoms with E-state index in [1.54, 1.807) is 12.1 Å². The quantitative estimate of drug-likeness (QED) is 0.772. The van der Waals surface area contributed by atoms with Crippen molar-refractivity contribution in [1.29, 1.82) is 0 Å². The number of nitrogen functional groups attached to an aromatic ring is 1. The monoisotopic (exact) mass is 231 g/mol. The van der Waals surface area contributed by atoms with E-state index >= 15 is 0 Å². The van der Waals surface area contributed by atoms with Crippen molar-refractivity contribution >= 4 is 11.6 Å². The van der Waals surface area contributed by atoms with Crippen molar-refractivity contribution in [1.82, 2.24) is 10.5 Å². The van der Waals surface area contributed by atoms with Crippen molar-refractivity contribution in [3.05, 3.63) is 47.9 Å². The highest BCUT2D eigenvalue weighted by Crippen LogP contribution is 2.10. The smallest absolute Gasteiger partial charge is 0.224 e. The van der Waals surface area contributed by atoms with Gasteiger partial charge in [-0.25, -0.2) is 0 Å². The second-order valence-electron chi connectivity index (χ2n) is 3.64. The molecule has 0 fully saturated rings. The van der Waals surface area contributed by atoms with Crippen LogP contribution in [0.5, 0.6) is 0 Å². The Bertz CT molecular complexity index is 494. The molecule has 0 aliphatic rings. The van der Waals surface area contributed by atoms with Gasteiger partial charge in [-0.3, -0.25) is 4.79 Å². The molecule has 0 unspecified atom stereocenters. The van der Waals surface area contributed by atoms with Crippen LogP contribution in [0.1, 0.15) is 11.3 Å². The number of carbonyl (C=O) groups excluding carboxylic acids is 1. The Kier molecular flexibility index (Phi) is 3.40. The number of nitrogens with zero attached hydrogens (tertiary/aromatic N) is 1. The van der Waals surface area contributed by atoms with Crippen LogP contribution < -0.4 is 11.1 Å². The molecule has 0 saturated heterocycles. The first-order valence-corrected chi connectivity index (χ1v) is 5.25. The first kappa shape index (κ1) is 11.2. The van der Waals surface area contributed by atoms with E-state index in [0.717, 1.165) is 5.56 Å². The normalized spacial score (nSPS) is 10.1. The lowest BCUT2D eigenvalue weighted by Gasteiger charge is -2.05. The molecule has 3 N–H and O–H groups in total. The summed E-state index contributed by atoms with van der Waals surface area (Å²) in [5, 5.41) is 6.44. The molecule has 0 aliphatic heterocycles. The van der Waals surface area contributed by atoms with Crippen molar-refractivity contribution in [2.75, 3.05) is 5.73 Å². The summed E-state index contributed by atoms with van der Waals surface area (Å²) in [5.41, 5.74) is 7.90. The van der Waals surface area contributed by atoms with Crippen LogP contribution >= 0.6 is 0 Å². The fourth-order valence-electron chi connectivity index (χ4n) is 1.45. The topological polar surface area (TPSA) is 81.2 Å². The second-order valence-corrected chi connectivity index (χ2v) is 3.64. The van der Waals surface area contributed by atoms with Gasteiger partial charge >= 0.3 is 0 Å². The summed E-state index contributed by atoms with van der Waals surface area (Å²) < 4.78 is 4.66. The van der Waals surface area contributed by atoms with E-state index in [2.05, 4.69) is 15.0 Å². The van der Waals surface area contributed by atoms with E-state index in [9.17, 15) is 4.79 Å². The summed E-state index contributed by atoms with van der Waals surface area (Å²) in [4.78, 5) is 11.6. The van der Waals surface area contributed by atoms with Gasteiger partial charge in [-0.15, -0.1) is 0 Å². The summed E-state index contributed by atoms with van der Waals surface area (Å²) in [6.45, 7) is 0.363. The predicted octanol–water partition coefficient (Wildman–Crippen LogP) is 1.12. The van der Waals surface area contributed by atoms with Crippen LogP contribution in [-0.2, 0) is 17.8 Å². The van der Waals surface area contributed by atoms with Gasteiger partial charge in [-0.2, -0.15) is 0 Å². The zero-order valence-electron chi connectivity index (χ0n) is 9.22. The van der Waals surface area contributed by atoms with Crippen LogP contribution in [0.3, 0.4) is 0 Å². The number of aromatic nitrogens is 1. The number of hydrogen-bond donors (Lipinski definition) is 2. The summed E-state index contributed by atoms with van der Waals surface area (Å²) in [6, 6.07) is 9.02. The highest BCUT2D eigenvalue weighted by molar-refractivity contribution is 5.80. The second kappa shape index (κ2) is 5.16. The zero-order valence-corrected chi connectivity index (χ0v) is 9.22. The molecule has 2 rings (SSSR count). The van der Waals surface area contributed by atoms with Crippen LogP contribution in [0, 0.1) is 0 Å². The number of para-hydroxylation sites is 1. The molecule has 1 aromatic carbocycles. The van der Waals surface area contributed by atoms with Gasteiger partial charge in [-0.05, 0) is 11.6 Å². The van der Waals surface area contributed by atoms with Crippen molar-refractivity contribution in [3.63, 3.8) is 0 Å². The average molecular weight is 231 g/mol. The standard InChI is InChI=1S/C12H13N3O2/c13-11-4-2-1-3-9(11)7-12(16)14-8-10-5-6-17-15-10/h1-6H,7-8,13H2,(H,14,16). The number of carbonyl (C=O) groups is 1. The molecule has 0 saturated carbocycles. The molecule has 0 aliphatic carbocycles.